The van der Waals surface area contributed by atoms with E-state index >= 15 is 0 Å². The number of hydrogen-bond donors (Lipinski definition) is 2. The number of nitrogens with zero attached hydrogens (tertiary/aromatic N) is 2. The van der Waals surface area contributed by atoms with E-state index in [1.807, 2.05) is 31.2 Å². The molecule has 0 aromatic heterocycles. The van der Waals surface area contributed by atoms with Crippen molar-refractivity contribution in [1.82, 2.24) is 15.5 Å². The van der Waals surface area contributed by atoms with E-state index in [-0.39, 0.29) is 18.0 Å². The van der Waals surface area contributed by atoms with Crippen LogP contribution in [0, 0.1) is 6.92 Å². The number of anilines is 1. The normalized spacial score (nSPS) is 17.2. The van der Waals surface area contributed by atoms with Gasteiger partial charge in [-0.15, -0.1) is 0 Å². The molecule has 0 aliphatic carbocycles. The fraction of sp³-hybridized carbons (Fsp3) is 0.579. The van der Waals surface area contributed by atoms with E-state index in [0.29, 0.717) is 19.5 Å². The van der Waals surface area contributed by atoms with Crippen molar-refractivity contribution in [2.45, 2.75) is 39.7 Å². The summed E-state index contributed by atoms with van der Waals surface area (Å²) in [5.41, 5.74) is 2.05. The summed E-state index contributed by atoms with van der Waals surface area (Å²) in [4.78, 5) is 28.3. The lowest BCUT2D eigenvalue weighted by atomic mass is 10.2. The summed E-state index contributed by atoms with van der Waals surface area (Å²) in [6.07, 6.45) is 1.27. The van der Waals surface area contributed by atoms with Gasteiger partial charge in [0.05, 0.1) is 6.04 Å². The molecule has 1 fully saturated rings. The summed E-state index contributed by atoms with van der Waals surface area (Å²) < 4.78 is 0. The van der Waals surface area contributed by atoms with E-state index in [1.54, 1.807) is 4.90 Å². The molecule has 3 amide bonds. The van der Waals surface area contributed by atoms with E-state index in [1.165, 1.54) is 0 Å². The fourth-order valence-electron chi connectivity index (χ4n) is 3.06. The minimum absolute atomic E-state index is 0.0516. The molecule has 138 valence electrons. The molecule has 1 heterocycles. The second-order valence-electron chi connectivity index (χ2n) is 6.52. The van der Waals surface area contributed by atoms with Crippen LogP contribution in [0.25, 0.3) is 0 Å². The quantitative estimate of drug-likeness (QED) is 0.709. The number of benzene rings is 1. The van der Waals surface area contributed by atoms with Crippen molar-refractivity contribution >= 4 is 17.6 Å². The highest BCUT2D eigenvalue weighted by atomic mass is 16.2. The number of urea groups is 1. The van der Waals surface area contributed by atoms with E-state index in [9.17, 15) is 9.59 Å². The lowest BCUT2D eigenvalue weighted by Gasteiger charge is -2.19. The molecule has 1 aromatic carbocycles. The summed E-state index contributed by atoms with van der Waals surface area (Å²) in [5, 5.41) is 5.79. The van der Waals surface area contributed by atoms with Crippen molar-refractivity contribution in [2.75, 3.05) is 37.6 Å². The van der Waals surface area contributed by atoms with Crippen LogP contribution in [-0.2, 0) is 4.79 Å². The first-order chi connectivity index (χ1) is 12.0. The van der Waals surface area contributed by atoms with E-state index in [0.717, 1.165) is 37.3 Å². The molecule has 25 heavy (non-hydrogen) atoms. The highest BCUT2D eigenvalue weighted by molar-refractivity contribution is 5.96. The van der Waals surface area contributed by atoms with Crippen LogP contribution < -0.4 is 15.5 Å². The van der Waals surface area contributed by atoms with Crippen molar-refractivity contribution in [3.63, 3.8) is 0 Å². The molecule has 2 rings (SSSR count). The van der Waals surface area contributed by atoms with Crippen LogP contribution >= 0.6 is 0 Å². The molecule has 0 saturated carbocycles. The molecule has 6 heteroatoms. The number of carbonyl (C=O) groups excluding carboxylic acids is 2. The minimum Gasteiger partial charge on any atom is -0.338 e. The average molecular weight is 346 g/mol. The molecule has 1 saturated heterocycles. The van der Waals surface area contributed by atoms with Gasteiger partial charge in [-0.05, 0) is 45.1 Å². The summed E-state index contributed by atoms with van der Waals surface area (Å²) in [6.45, 7) is 10.5. The van der Waals surface area contributed by atoms with Crippen molar-refractivity contribution in [3.05, 3.63) is 29.8 Å². The van der Waals surface area contributed by atoms with Crippen LogP contribution in [0.4, 0.5) is 10.5 Å². The molecule has 1 aliphatic heterocycles. The van der Waals surface area contributed by atoms with Gasteiger partial charge >= 0.3 is 6.03 Å². The Morgan fingerprint density at radius 2 is 1.92 bits per heavy atom. The number of nitrogens with one attached hydrogen (secondary N) is 2. The highest BCUT2D eigenvalue weighted by Crippen LogP contribution is 2.21. The molecule has 0 unspecified atom stereocenters. The Morgan fingerprint density at radius 1 is 1.24 bits per heavy atom. The Hall–Kier alpha value is -2.08. The second kappa shape index (κ2) is 9.42. The van der Waals surface area contributed by atoms with Gasteiger partial charge in [0.15, 0.2) is 0 Å². The number of rotatable bonds is 8. The molecule has 0 bridgehead atoms. The van der Waals surface area contributed by atoms with Crippen LogP contribution in [0.15, 0.2) is 24.3 Å². The number of amides is 3. The van der Waals surface area contributed by atoms with Gasteiger partial charge in [-0.3, -0.25) is 4.79 Å². The standard InChI is InChI=1S/C19H30N4O2/c1-4-22(5-2)12-6-11-20-19(25)21-16-13-18(24)23(14-16)17-9-7-15(3)8-10-17/h7-10,16H,4-6,11-14H2,1-3H3,(H2,20,21,25)/t16-/m0/s1. The Labute approximate surface area is 150 Å². The Balaban J connectivity index is 1.73. The third-order valence-corrected chi connectivity index (χ3v) is 4.64. The summed E-state index contributed by atoms with van der Waals surface area (Å²) >= 11 is 0. The maximum atomic E-state index is 12.2. The molecular weight excluding hydrogens is 316 g/mol. The van der Waals surface area contributed by atoms with Crippen molar-refractivity contribution in [2.24, 2.45) is 0 Å². The first-order valence-electron chi connectivity index (χ1n) is 9.17. The van der Waals surface area contributed by atoms with Crippen LogP contribution in [0.1, 0.15) is 32.3 Å². The predicted octanol–water partition coefficient (Wildman–Crippen LogP) is 2.13. The molecule has 0 spiro atoms. The monoisotopic (exact) mass is 346 g/mol. The van der Waals surface area contributed by atoms with Crippen LogP contribution in [0.5, 0.6) is 0 Å². The third kappa shape index (κ3) is 5.74. The molecule has 2 N–H and O–H groups in total. The van der Waals surface area contributed by atoms with Gasteiger partial charge in [0.2, 0.25) is 5.91 Å². The first-order valence-corrected chi connectivity index (χ1v) is 9.17. The van der Waals surface area contributed by atoms with E-state index in [4.69, 9.17) is 0 Å². The Kier molecular flexibility index (Phi) is 7.25. The van der Waals surface area contributed by atoms with Gasteiger partial charge in [0, 0.05) is 25.2 Å². The lowest BCUT2D eigenvalue weighted by Crippen LogP contribution is -2.44. The third-order valence-electron chi connectivity index (χ3n) is 4.64. The van der Waals surface area contributed by atoms with Gasteiger partial charge in [-0.25, -0.2) is 4.79 Å². The van der Waals surface area contributed by atoms with Gasteiger partial charge in [0.1, 0.15) is 0 Å². The zero-order chi connectivity index (χ0) is 18.2. The predicted molar refractivity (Wildman–Crippen MR) is 101 cm³/mol. The summed E-state index contributed by atoms with van der Waals surface area (Å²) in [5.74, 6) is 0.0516. The van der Waals surface area contributed by atoms with Gasteiger partial charge in [0.25, 0.3) is 0 Å². The topological polar surface area (TPSA) is 64.7 Å². The lowest BCUT2D eigenvalue weighted by molar-refractivity contribution is -0.117. The molecule has 0 radical (unpaired) electrons. The zero-order valence-corrected chi connectivity index (χ0v) is 15.5. The van der Waals surface area contributed by atoms with Crippen molar-refractivity contribution in [1.29, 1.82) is 0 Å². The molecule has 1 aromatic rings. The van der Waals surface area contributed by atoms with E-state index in [2.05, 4.69) is 29.4 Å². The van der Waals surface area contributed by atoms with Crippen LogP contribution in [0.2, 0.25) is 0 Å². The largest absolute Gasteiger partial charge is 0.338 e. The Bertz CT molecular complexity index is 569. The smallest absolute Gasteiger partial charge is 0.315 e. The first kappa shape index (κ1) is 19.2. The molecule has 1 aliphatic rings. The van der Waals surface area contributed by atoms with Crippen molar-refractivity contribution < 1.29 is 9.59 Å². The zero-order valence-electron chi connectivity index (χ0n) is 15.5. The maximum Gasteiger partial charge on any atom is 0.315 e. The average Bonchev–Trinajstić information content (AvgIpc) is 2.96. The second-order valence-corrected chi connectivity index (χ2v) is 6.52. The van der Waals surface area contributed by atoms with Crippen LogP contribution in [0.3, 0.4) is 0 Å². The fourth-order valence-corrected chi connectivity index (χ4v) is 3.06. The van der Waals surface area contributed by atoms with Gasteiger partial charge in [-0.2, -0.15) is 0 Å². The Morgan fingerprint density at radius 3 is 2.56 bits per heavy atom. The van der Waals surface area contributed by atoms with E-state index < -0.39 is 0 Å². The molecule has 1 atom stereocenters. The molecule has 6 nitrogen and oxygen atoms in total. The maximum absolute atomic E-state index is 12.2. The van der Waals surface area contributed by atoms with Crippen molar-refractivity contribution in [3.8, 4) is 0 Å². The summed E-state index contributed by atoms with van der Waals surface area (Å²) in [7, 11) is 0. The van der Waals surface area contributed by atoms with Gasteiger partial charge < -0.3 is 20.4 Å². The van der Waals surface area contributed by atoms with Gasteiger partial charge in [-0.1, -0.05) is 31.5 Å². The number of hydrogen-bond acceptors (Lipinski definition) is 3. The minimum atomic E-state index is -0.192. The number of aryl methyl sites for hydroxylation is 1. The number of carbonyl (C=O) groups is 2. The highest BCUT2D eigenvalue weighted by Gasteiger charge is 2.31. The SMILES string of the molecule is CCN(CC)CCCNC(=O)N[C@H]1CC(=O)N(c2ccc(C)cc2)C1. The summed E-state index contributed by atoms with van der Waals surface area (Å²) in [6, 6.07) is 7.55. The molecular formula is C19H30N4O2. The van der Waals surface area contributed by atoms with Crippen LogP contribution in [-0.4, -0.2) is 55.6 Å².